The third-order valence-corrected chi connectivity index (χ3v) is 10.5. The molecule has 44 heavy (non-hydrogen) atoms. The number of benzene rings is 5. The molecule has 216 valence electrons. The van der Waals surface area contributed by atoms with Gasteiger partial charge in [0, 0.05) is 11.8 Å². The number of rotatable bonds is 6. The lowest BCUT2D eigenvalue weighted by molar-refractivity contribution is 0.509. The lowest BCUT2D eigenvalue weighted by Crippen LogP contribution is -2.21. The molecule has 6 aromatic rings. The first-order valence-corrected chi connectivity index (χ1v) is 16.3. The third kappa shape index (κ3) is 4.93. The Hall–Kier alpha value is -4.56. The van der Waals surface area contributed by atoms with Crippen molar-refractivity contribution in [2.24, 2.45) is 0 Å². The second kappa shape index (κ2) is 11.8. The van der Waals surface area contributed by atoms with E-state index in [4.69, 9.17) is 9.97 Å². The second-order valence-corrected chi connectivity index (χ2v) is 12.8. The zero-order valence-electron chi connectivity index (χ0n) is 25.0. The Labute approximate surface area is 260 Å². The molecule has 2 nitrogen and oxygen atoms in total. The quantitative estimate of drug-likeness (QED) is 0.199. The Bertz CT molecular complexity index is 1600. The van der Waals surface area contributed by atoms with Gasteiger partial charge in [0.15, 0.2) is 0 Å². The van der Waals surface area contributed by atoms with Gasteiger partial charge in [-0.25, -0.2) is 9.97 Å². The predicted octanol–water partition coefficient (Wildman–Crippen LogP) is 10.5. The van der Waals surface area contributed by atoms with Crippen LogP contribution in [0.1, 0.15) is 94.8 Å². The van der Waals surface area contributed by atoms with Crippen LogP contribution in [0.3, 0.4) is 0 Å². The summed E-state index contributed by atoms with van der Waals surface area (Å²) in [5.41, 5.74) is 10.1. The molecule has 1 heterocycles. The monoisotopic (exact) mass is 570 g/mol. The summed E-state index contributed by atoms with van der Waals surface area (Å²) >= 11 is 0. The number of fused-ring (bicyclic) bond motifs is 1. The SMILES string of the molecule is c1ccc(C2CC[C@@H](c3ccccc3)C2c2nc3ccccc3nc2C2C(c3ccccc3)CC[C@H]2c2ccccc2)cc1. The molecule has 2 aliphatic carbocycles. The van der Waals surface area contributed by atoms with Crippen LogP contribution in [0.25, 0.3) is 11.0 Å². The summed E-state index contributed by atoms with van der Waals surface area (Å²) < 4.78 is 0. The molecule has 0 spiro atoms. The average Bonchev–Trinajstić information content (AvgIpc) is 3.75. The number of nitrogens with zero attached hydrogens (tertiary/aromatic N) is 2. The highest BCUT2D eigenvalue weighted by Gasteiger charge is 2.46. The van der Waals surface area contributed by atoms with E-state index < -0.39 is 0 Å². The molecular weight excluding hydrogens is 532 g/mol. The second-order valence-electron chi connectivity index (χ2n) is 12.8. The molecule has 2 aliphatic rings. The molecule has 2 saturated carbocycles. The van der Waals surface area contributed by atoms with Crippen molar-refractivity contribution in [1.82, 2.24) is 9.97 Å². The van der Waals surface area contributed by atoms with Crippen molar-refractivity contribution in [3.63, 3.8) is 0 Å². The van der Waals surface area contributed by atoms with E-state index in [0.717, 1.165) is 36.7 Å². The smallest absolute Gasteiger partial charge is 0.0890 e. The van der Waals surface area contributed by atoms with Gasteiger partial charge in [-0.3, -0.25) is 0 Å². The van der Waals surface area contributed by atoms with Gasteiger partial charge in [-0.05, 0) is 83.7 Å². The zero-order chi connectivity index (χ0) is 29.3. The summed E-state index contributed by atoms with van der Waals surface area (Å²) in [5, 5.41) is 0. The lowest BCUT2D eigenvalue weighted by atomic mass is 9.73. The molecular formula is C42H38N2. The van der Waals surface area contributed by atoms with Gasteiger partial charge in [0.05, 0.1) is 22.4 Å². The van der Waals surface area contributed by atoms with E-state index in [0.29, 0.717) is 23.7 Å². The summed E-state index contributed by atoms with van der Waals surface area (Å²) in [6.45, 7) is 0. The highest BCUT2D eigenvalue weighted by atomic mass is 14.9. The fourth-order valence-corrected chi connectivity index (χ4v) is 8.57. The zero-order valence-corrected chi connectivity index (χ0v) is 25.0. The molecule has 0 aliphatic heterocycles. The van der Waals surface area contributed by atoms with Gasteiger partial charge in [-0.1, -0.05) is 133 Å². The molecule has 4 unspecified atom stereocenters. The minimum Gasteiger partial charge on any atom is -0.249 e. The van der Waals surface area contributed by atoms with Crippen molar-refractivity contribution >= 4 is 11.0 Å². The summed E-state index contributed by atoms with van der Waals surface area (Å²) in [5.74, 6) is 2.06. The molecule has 0 N–H and O–H groups in total. The van der Waals surface area contributed by atoms with E-state index in [-0.39, 0.29) is 11.8 Å². The molecule has 0 bridgehead atoms. The van der Waals surface area contributed by atoms with Crippen LogP contribution in [-0.4, -0.2) is 9.97 Å². The van der Waals surface area contributed by atoms with Crippen LogP contribution in [0.15, 0.2) is 146 Å². The van der Waals surface area contributed by atoms with E-state index in [9.17, 15) is 0 Å². The molecule has 0 amide bonds. The fraction of sp³-hybridized carbons (Fsp3) is 0.238. The number of hydrogen-bond acceptors (Lipinski definition) is 2. The fourth-order valence-electron chi connectivity index (χ4n) is 8.57. The maximum atomic E-state index is 5.65. The van der Waals surface area contributed by atoms with Crippen LogP contribution >= 0.6 is 0 Å². The van der Waals surface area contributed by atoms with Crippen LogP contribution < -0.4 is 0 Å². The minimum atomic E-state index is 0.250. The lowest BCUT2D eigenvalue weighted by Gasteiger charge is -2.32. The van der Waals surface area contributed by atoms with Gasteiger partial charge < -0.3 is 0 Å². The Kier molecular flexibility index (Phi) is 7.28. The third-order valence-electron chi connectivity index (χ3n) is 10.5. The van der Waals surface area contributed by atoms with Gasteiger partial charge in [0.2, 0.25) is 0 Å². The topological polar surface area (TPSA) is 25.8 Å². The van der Waals surface area contributed by atoms with Gasteiger partial charge in [0.1, 0.15) is 0 Å². The van der Waals surface area contributed by atoms with Gasteiger partial charge in [-0.15, -0.1) is 0 Å². The van der Waals surface area contributed by atoms with E-state index in [1.807, 2.05) is 0 Å². The molecule has 2 fully saturated rings. The summed E-state index contributed by atoms with van der Waals surface area (Å²) in [4.78, 5) is 11.3. The molecule has 6 atom stereocenters. The normalized spacial score (nSPS) is 24.9. The molecule has 1 aromatic heterocycles. The minimum absolute atomic E-state index is 0.250. The Morgan fingerprint density at radius 2 is 0.568 bits per heavy atom. The van der Waals surface area contributed by atoms with Crippen molar-refractivity contribution in [3.05, 3.63) is 179 Å². The van der Waals surface area contributed by atoms with Crippen LogP contribution in [0.5, 0.6) is 0 Å². The van der Waals surface area contributed by atoms with Gasteiger partial charge in [0.25, 0.3) is 0 Å². The molecule has 8 rings (SSSR count). The maximum Gasteiger partial charge on any atom is 0.0890 e. The number of aromatic nitrogens is 2. The first-order valence-electron chi connectivity index (χ1n) is 16.3. The van der Waals surface area contributed by atoms with Gasteiger partial charge in [-0.2, -0.15) is 0 Å². The highest BCUT2D eigenvalue weighted by molar-refractivity contribution is 5.74. The van der Waals surface area contributed by atoms with Crippen molar-refractivity contribution in [2.75, 3.05) is 0 Å². The van der Waals surface area contributed by atoms with Crippen molar-refractivity contribution in [3.8, 4) is 0 Å². The summed E-state index contributed by atoms with van der Waals surface area (Å²) in [6, 6.07) is 53.3. The Balaban J connectivity index is 1.37. The molecule has 2 heteroatoms. The van der Waals surface area contributed by atoms with Crippen LogP contribution in [0.2, 0.25) is 0 Å². The van der Waals surface area contributed by atoms with E-state index in [2.05, 4.69) is 146 Å². The Morgan fingerprint density at radius 3 is 0.841 bits per heavy atom. The van der Waals surface area contributed by atoms with Crippen molar-refractivity contribution in [2.45, 2.75) is 61.2 Å². The first kappa shape index (κ1) is 27.0. The summed E-state index contributed by atoms with van der Waals surface area (Å²) in [7, 11) is 0. The molecule has 0 saturated heterocycles. The van der Waals surface area contributed by atoms with E-state index in [1.165, 1.54) is 33.6 Å². The van der Waals surface area contributed by atoms with E-state index >= 15 is 0 Å². The van der Waals surface area contributed by atoms with Gasteiger partial charge >= 0.3 is 0 Å². The number of hydrogen-bond donors (Lipinski definition) is 0. The Morgan fingerprint density at radius 1 is 0.318 bits per heavy atom. The van der Waals surface area contributed by atoms with Crippen LogP contribution in [0, 0.1) is 0 Å². The highest BCUT2D eigenvalue weighted by Crippen LogP contribution is 2.59. The summed E-state index contributed by atoms with van der Waals surface area (Å²) in [6.07, 6.45) is 4.60. The van der Waals surface area contributed by atoms with Crippen LogP contribution in [-0.2, 0) is 0 Å². The van der Waals surface area contributed by atoms with E-state index in [1.54, 1.807) is 0 Å². The predicted molar refractivity (Wildman–Crippen MR) is 180 cm³/mol. The first-order chi connectivity index (χ1) is 21.8. The van der Waals surface area contributed by atoms with Crippen molar-refractivity contribution < 1.29 is 0 Å². The molecule has 0 radical (unpaired) electrons. The largest absolute Gasteiger partial charge is 0.249 e. The standard InChI is InChI=1S/C42H38N2/c1-5-15-29(16-6-1)33-25-26-34(30-17-7-2-8-18-30)39(33)41-42(44-38-24-14-13-23-37(38)43-41)40-35(31-19-9-3-10-20-31)27-28-36(40)32-21-11-4-12-22-32/h1-24,33-36,39-40H,25-28H2/t33-,34?,35-,36?,39?,40?/m0/s1. The maximum absolute atomic E-state index is 5.65. The van der Waals surface area contributed by atoms with Crippen LogP contribution in [0.4, 0.5) is 0 Å². The number of para-hydroxylation sites is 2. The van der Waals surface area contributed by atoms with Crippen molar-refractivity contribution in [1.29, 1.82) is 0 Å². The molecule has 5 aromatic carbocycles. The average molecular weight is 571 g/mol.